The molecule has 0 spiro atoms. The lowest BCUT2D eigenvalue weighted by molar-refractivity contribution is 0.0571. The Hall–Kier alpha value is -3.74. The predicted octanol–water partition coefficient (Wildman–Crippen LogP) is 4.23. The molecule has 1 aliphatic carbocycles. The number of H-pyrrole nitrogens is 2. The lowest BCUT2D eigenvalue weighted by Gasteiger charge is -2.48. The van der Waals surface area contributed by atoms with Crippen LogP contribution in [-0.2, 0) is 6.42 Å². The molecule has 2 heterocycles. The zero-order valence-corrected chi connectivity index (χ0v) is 18.6. The van der Waals surface area contributed by atoms with Gasteiger partial charge in [0, 0.05) is 28.8 Å². The van der Waals surface area contributed by atoms with E-state index in [-0.39, 0.29) is 22.9 Å². The van der Waals surface area contributed by atoms with Crippen molar-refractivity contribution in [2.75, 3.05) is 0 Å². The zero-order chi connectivity index (χ0) is 22.8. The highest BCUT2D eigenvalue weighted by molar-refractivity contribution is 5.95. The number of hydrogen-bond acceptors (Lipinski definition) is 4. The Bertz CT molecular complexity index is 1340. The normalized spacial score (nSPS) is 19.8. The lowest BCUT2D eigenvalue weighted by atomic mass is 9.61. The van der Waals surface area contributed by atoms with E-state index in [4.69, 9.17) is 0 Å². The van der Waals surface area contributed by atoms with Crippen LogP contribution in [0.15, 0.2) is 65.7 Å². The summed E-state index contributed by atoms with van der Waals surface area (Å²) in [7, 11) is 0. The summed E-state index contributed by atoms with van der Waals surface area (Å²) in [6.45, 7) is 2.21. The Balaban J connectivity index is 1.22. The third-order valence-electron chi connectivity index (χ3n) is 7.07. The van der Waals surface area contributed by atoms with Gasteiger partial charge in [0.25, 0.3) is 11.5 Å². The van der Waals surface area contributed by atoms with Crippen LogP contribution in [0.2, 0.25) is 0 Å². The van der Waals surface area contributed by atoms with E-state index in [0.717, 1.165) is 54.3 Å². The van der Waals surface area contributed by atoms with Crippen molar-refractivity contribution >= 4 is 16.7 Å². The molecule has 1 amide bonds. The van der Waals surface area contributed by atoms with E-state index >= 15 is 0 Å². The van der Waals surface area contributed by atoms with E-state index in [1.54, 1.807) is 6.20 Å². The summed E-state index contributed by atoms with van der Waals surface area (Å²) in [5.41, 5.74) is 3.56. The molecule has 2 aromatic heterocycles. The molecule has 0 saturated heterocycles. The van der Waals surface area contributed by atoms with Gasteiger partial charge in [0.15, 0.2) is 0 Å². The summed E-state index contributed by atoms with van der Waals surface area (Å²) in [5.74, 6) is -0.0386. The maximum absolute atomic E-state index is 12.8. The second kappa shape index (κ2) is 8.65. The van der Waals surface area contributed by atoms with Crippen molar-refractivity contribution in [2.24, 2.45) is 5.41 Å². The van der Waals surface area contributed by atoms with Crippen LogP contribution in [0.4, 0.5) is 0 Å². The van der Waals surface area contributed by atoms with E-state index in [1.165, 1.54) is 0 Å². The van der Waals surface area contributed by atoms with E-state index in [2.05, 4.69) is 32.6 Å². The molecule has 1 aliphatic rings. The third kappa shape index (κ3) is 4.18. The fourth-order valence-corrected chi connectivity index (χ4v) is 5.02. The van der Waals surface area contributed by atoms with Crippen molar-refractivity contribution in [3.63, 3.8) is 0 Å². The first kappa shape index (κ1) is 21.1. The molecule has 5 rings (SSSR count). The summed E-state index contributed by atoms with van der Waals surface area (Å²) in [4.78, 5) is 24.9. The first-order chi connectivity index (χ1) is 16.1. The number of aryl methyl sites for hydroxylation is 1. The molecule has 168 valence electrons. The average molecular weight is 442 g/mol. The first-order valence-electron chi connectivity index (χ1n) is 11.4. The Labute approximate surface area is 191 Å². The molecule has 4 aromatic rings. The highest BCUT2D eigenvalue weighted by Gasteiger charge is 2.43. The van der Waals surface area contributed by atoms with Gasteiger partial charge < -0.3 is 5.32 Å². The highest BCUT2D eigenvalue weighted by atomic mass is 16.1. The number of nitrogens with one attached hydrogen (secondary N) is 3. The van der Waals surface area contributed by atoms with E-state index in [9.17, 15) is 9.59 Å². The smallest absolute Gasteiger partial charge is 0.272 e. The molecular weight excluding hydrogens is 414 g/mol. The van der Waals surface area contributed by atoms with Crippen molar-refractivity contribution in [1.82, 2.24) is 25.7 Å². The average Bonchev–Trinajstić information content (AvgIpc) is 3.37. The van der Waals surface area contributed by atoms with Crippen molar-refractivity contribution in [3.05, 3.63) is 82.5 Å². The minimum atomic E-state index is -0.150. The molecule has 7 heteroatoms. The topological polar surface area (TPSA) is 104 Å². The Morgan fingerprint density at radius 2 is 1.94 bits per heavy atom. The van der Waals surface area contributed by atoms with Crippen molar-refractivity contribution in [3.8, 4) is 11.1 Å². The second-order valence-electron chi connectivity index (χ2n) is 9.04. The van der Waals surface area contributed by atoms with Crippen LogP contribution in [-0.4, -0.2) is 32.3 Å². The van der Waals surface area contributed by atoms with E-state index in [0.29, 0.717) is 10.9 Å². The number of carbonyl (C=O) groups is 1. The molecule has 33 heavy (non-hydrogen) atoms. The zero-order valence-electron chi connectivity index (χ0n) is 18.6. The third-order valence-corrected chi connectivity index (χ3v) is 7.07. The quantitative estimate of drug-likeness (QED) is 0.399. The number of fused-ring (bicyclic) bond motifs is 1. The lowest BCUT2D eigenvalue weighted by Crippen LogP contribution is -2.50. The van der Waals surface area contributed by atoms with Crippen molar-refractivity contribution in [1.29, 1.82) is 0 Å². The number of aromatic amines is 2. The number of carbonyl (C=O) groups excluding carboxylic acids is 1. The van der Waals surface area contributed by atoms with Crippen LogP contribution < -0.4 is 10.9 Å². The van der Waals surface area contributed by atoms with Gasteiger partial charge in [-0.15, -0.1) is 0 Å². The molecule has 0 aliphatic heterocycles. The predicted molar refractivity (Wildman–Crippen MR) is 128 cm³/mol. The number of benzene rings is 2. The number of nitrogens with zero attached hydrogens (tertiary/aromatic N) is 2. The number of amides is 1. The van der Waals surface area contributed by atoms with Gasteiger partial charge in [0.1, 0.15) is 0 Å². The van der Waals surface area contributed by atoms with Crippen LogP contribution in [0.5, 0.6) is 0 Å². The molecular formula is C26H27N5O2. The molecule has 0 atom stereocenters. The van der Waals surface area contributed by atoms with Gasteiger partial charge >= 0.3 is 0 Å². The molecule has 3 N–H and O–H groups in total. The monoisotopic (exact) mass is 441 g/mol. The number of aromatic nitrogens is 4. The van der Waals surface area contributed by atoms with Crippen LogP contribution in [0.1, 0.15) is 48.7 Å². The van der Waals surface area contributed by atoms with Gasteiger partial charge in [0.2, 0.25) is 0 Å². The molecule has 0 radical (unpaired) electrons. The molecule has 1 saturated carbocycles. The number of hydrogen-bond donors (Lipinski definition) is 3. The SMILES string of the molecule is CC[C@]1(CCc2n[nH]c(=O)c3ccccc23)C[C@H](NC(=O)c2cccc(-c3cn[nH]c3)c2)C1. The second-order valence-corrected chi connectivity index (χ2v) is 9.04. The summed E-state index contributed by atoms with van der Waals surface area (Å²) >= 11 is 0. The molecule has 0 unspecified atom stereocenters. The van der Waals surface area contributed by atoms with Gasteiger partial charge in [0.05, 0.1) is 17.3 Å². The van der Waals surface area contributed by atoms with Gasteiger partial charge in [-0.05, 0) is 54.9 Å². The molecule has 2 aromatic carbocycles. The fourth-order valence-electron chi connectivity index (χ4n) is 5.02. The summed E-state index contributed by atoms with van der Waals surface area (Å²) in [5, 5.41) is 18.6. The summed E-state index contributed by atoms with van der Waals surface area (Å²) in [6.07, 6.45) is 8.32. The Morgan fingerprint density at radius 3 is 2.70 bits per heavy atom. The van der Waals surface area contributed by atoms with Crippen LogP contribution in [0.3, 0.4) is 0 Å². The fraction of sp³-hybridized carbons (Fsp3) is 0.308. The van der Waals surface area contributed by atoms with Gasteiger partial charge in [-0.25, -0.2) is 5.10 Å². The Morgan fingerprint density at radius 1 is 1.12 bits per heavy atom. The van der Waals surface area contributed by atoms with Gasteiger partial charge in [-0.2, -0.15) is 10.2 Å². The van der Waals surface area contributed by atoms with E-state index in [1.807, 2.05) is 54.7 Å². The van der Waals surface area contributed by atoms with Gasteiger partial charge in [-0.3, -0.25) is 14.7 Å². The molecule has 1 fully saturated rings. The van der Waals surface area contributed by atoms with E-state index < -0.39 is 0 Å². The molecule has 0 bridgehead atoms. The first-order valence-corrected chi connectivity index (χ1v) is 11.4. The minimum absolute atomic E-state index is 0.0386. The van der Waals surface area contributed by atoms with Crippen LogP contribution in [0.25, 0.3) is 21.9 Å². The maximum atomic E-state index is 12.8. The van der Waals surface area contributed by atoms with Crippen LogP contribution in [0, 0.1) is 5.41 Å². The largest absolute Gasteiger partial charge is 0.349 e. The van der Waals surface area contributed by atoms with Crippen LogP contribution >= 0.6 is 0 Å². The van der Waals surface area contributed by atoms with Crippen molar-refractivity contribution < 1.29 is 4.79 Å². The maximum Gasteiger partial charge on any atom is 0.272 e. The number of rotatable bonds is 7. The summed E-state index contributed by atoms with van der Waals surface area (Å²) < 4.78 is 0. The molecule has 7 nitrogen and oxygen atoms in total. The summed E-state index contributed by atoms with van der Waals surface area (Å²) in [6, 6.07) is 15.4. The Kier molecular flexibility index (Phi) is 5.54. The standard InChI is InChI=1S/C26H27N5O2/c1-2-26(11-10-23-21-8-3-4-9-22(21)25(33)31-30-23)13-20(14-26)29-24(32)18-7-5-6-17(12-18)19-15-27-28-16-19/h3-9,12,15-16,20H,2,10-11,13-14H2,1H3,(H,27,28)(H,29,32)(H,31,33)/t20-,26-. The van der Waals surface area contributed by atoms with Crippen molar-refractivity contribution in [2.45, 2.75) is 45.1 Å². The van der Waals surface area contributed by atoms with Gasteiger partial charge in [-0.1, -0.05) is 43.7 Å². The highest BCUT2D eigenvalue weighted by Crippen LogP contribution is 2.47. The minimum Gasteiger partial charge on any atom is -0.349 e.